The number of likely N-dealkylation sites (N-methyl/N-ethyl adjacent to an activating group) is 1. The fourth-order valence-electron chi connectivity index (χ4n) is 1.27. The second-order valence-electron chi connectivity index (χ2n) is 5.68. The van der Waals surface area contributed by atoms with Crippen molar-refractivity contribution in [1.82, 2.24) is 4.90 Å². The summed E-state index contributed by atoms with van der Waals surface area (Å²) in [6.45, 7) is 9.56. The van der Waals surface area contributed by atoms with Gasteiger partial charge in [-0.05, 0) is 19.3 Å². The third kappa shape index (κ3) is 5.87. The van der Waals surface area contributed by atoms with Gasteiger partial charge in [0.05, 0.1) is 18.6 Å². The van der Waals surface area contributed by atoms with Crippen LogP contribution in [0.3, 0.4) is 0 Å². The maximum absolute atomic E-state index is 12.0. The van der Waals surface area contributed by atoms with Gasteiger partial charge in [-0.3, -0.25) is 9.59 Å². The van der Waals surface area contributed by atoms with Gasteiger partial charge in [0.2, 0.25) is 5.91 Å². The van der Waals surface area contributed by atoms with Crippen LogP contribution in [0.4, 0.5) is 0 Å². The van der Waals surface area contributed by atoms with E-state index < -0.39 is 6.04 Å². The van der Waals surface area contributed by atoms with Gasteiger partial charge in [-0.25, -0.2) is 0 Å². The van der Waals surface area contributed by atoms with Crippen molar-refractivity contribution >= 4 is 11.9 Å². The minimum absolute atomic E-state index is 0.181. The van der Waals surface area contributed by atoms with E-state index in [9.17, 15) is 9.59 Å². The molecule has 0 aliphatic rings. The summed E-state index contributed by atoms with van der Waals surface area (Å²) >= 11 is 0. The van der Waals surface area contributed by atoms with Crippen molar-refractivity contribution in [1.29, 1.82) is 0 Å². The Balaban J connectivity index is 4.56. The number of rotatable bonds is 5. The fraction of sp³-hybridized carbons (Fsp3) is 0.714. The van der Waals surface area contributed by atoms with Gasteiger partial charge in [-0.2, -0.15) is 0 Å². The number of hydrogen-bond donors (Lipinski definition) is 1. The summed E-state index contributed by atoms with van der Waals surface area (Å²) in [4.78, 5) is 24.9. The van der Waals surface area contributed by atoms with E-state index in [1.807, 2.05) is 20.8 Å². The molecule has 5 heteroatoms. The summed E-state index contributed by atoms with van der Waals surface area (Å²) < 4.78 is 4.88. The molecule has 19 heavy (non-hydrogen) atoms. The molecule has 0 aliphatic heterocycles. The Morgan fingerprint density at radius 3 is 2.32 bits per heavy atom. The van der Waals surface area contributed by atoms with Crippen LogP contribution in [0.1, 0.15) is 34.6 Å². The Bertz CT molecular complexity index is 345. The second kappa shape index (κ2) is 7.28. The highest BCUT2D eigenvalue weighted by atomic mass is 16.5. The Hall–Kier alpha value is -1.36. The molecule has 0 aromatic carbocycles. The maximum atomic E-state index is 12.0. The highest BCUT2D eigenvalue weighted by molar-refractivity contribution is 5.83. The Kier molecular flexibility index (Phi) is 6.76. The predicted octanol–water partition coefficient (Wildman–Crippen LogP) is 1.53. The van der Waals surface area contributed by atoms with Crippen molar-refractivity contribution in [2.45, 2.75) is 40.7 Å². The summed E-state index contributed by atoms with van der Waals surface area (Å²) in [5.41, 5.74) is 5.59. The van der Waals surface area contributed by atoms with Crippen LogP contribution in [0.25, 0.3) is 0 Å². The van der Waals surface area contributed by atoms with Crippen LogP contribution in [0.5, 0.6) is 0 Å². The van der Waals surface area contributed by atoms with Crippen LogP contribution in [-0.2, 0) is 14.3 Å². The first-order valence-electron chi connectivity index (χ1n) is 6.48. The quantitative estimate of drug-likeness (QED) is 0.769. The minimum atomic E-state index is -0.583. The lowest BCUT2D eigenvalue weighted by atomic mass is 9.86. The molecule has 0 heterocycles. The number of nitrogens with two attached hydrogens (primary N) is 1. The van der Waals surface area contributed by atoms with Crippen molar-refractivity contribution in [3.8, 4) is 0 Å². The largest absolute Gasteiger partial charge is 0.466 e. The molecular weight excluding hydrogens is 244 g/mol. The van der Waals surface area contributed by atoms with E-state index in [2.05, 4.69) is 0 Å². The maximum Gasteiger partial charge on any atom is 0.312 e. The van der Waals surface area contributed by atoms with Gasteiger partial charge in [0.1, 0.15) is 0 Å². The average molecular weight is 270 g/mol. The zero-order chi connectivity index (χ0) is 15.2. The molecule has 0 saturated carbocycles. The van der Waals surface area contributed by atoms with Gasteiger partial charge in [0.15, 0.2) is 0 Å². The molecule has 5 nitrogen and oxygen atoms in total. The van der Waals surface area contributed by atoms with Crippen LogP contribution >= 0.6 is 0 Å². The van der Waals surface area contributed by atoms with E-state index >= 15 is 0 Å². The van der Waals surface area contributed by atoms with Crippen molar-refractivity contribution in [2.24, 2.45) is 17.1 Å². The third-order valence-electron chi connectivity index (χ3n) is 2.80. The first-order valence-corrected chi connectivity index (χ1v) is 6.48. The predicted molar refractivity (Wildman–Crippen MR) is 75.1 cm³/mol. The first kappa shape index (κ1) is 17.6. The number of ether oxygens (including phenoxy) is 1. The van der Waals surface area contributed by atoms with E-state index in [4.69, 9.17) is 10.5 Å². The summed E-state index contributed by atoms with van der Waals surface area (Å²) in [6.07, 6.45) is 3.20. The fourth-order valence-corrected chi connectivity index (χ4v) is 1.27. The lowest BCUT2D eigenvalue weighted by molar-refractivity contribution is -0.145. The molecule has 110 valence electrons. The van der Waals surface area contributed by atoms with Gasteiger partial charge < -0.3 is 15.4 Å². The third-order valence-corrected chi connectivity index (χ3v) is 2.80. The first-order chi connectivity index (χ1) is 8.61. The number of nitrogens with zero attached hydrogens (tertiary/aromatic N) is 1. The number of hydrogen-bond acceptors (Lipinski definition) is 4. The number of amides is 1. The summed E-state index contributed by atoms with van der Waals surface area (Å²) in [6, 6.07) is -0.583. The van der Waals surface area contributed by atoms with Crippen LogP contribution < -0.4 is 5.73 Å². The van der Waals surface area contributed by atoms with E-state index in [1.165, 1.54) is 4.90 Å². The molecule has 0 aliphatic carbocycles. The van der Waals surface area contributed by atoms with Crippen LogP contribution in [0, 0.1) is 11.3 Å². The molecule has 0 fully saturated rings. The zero-order valence-corrected chi connectivity index (χ0v) is 12.8. The molecular formula is C14H26N2O3. The van der Waals surface area contributed by atoms with E-state index in [0.29, 0.717) is 6.61 Å². The smallest absolute Gasteiger partial charge is 0.312 e. The summed E-state index contributed by atoms with van der Waals surface area (Å²) in [5, 5.41) is 0. The van der Waals surface area contributed by atoms with E-state index in [0.717, 1.165) is 0 Å². The van der Waals surface area contributed by atoms with Gasteiger partial charge in [-0.15, -0.1) is 0 Å². The Labute approximate surface area is 115 Å². The van der Waals surface area contributed by atoms with Crippen molar-refractivity contribution < 1.29 is 14.3 Å². The van der Waals surface area contributed by atoms with Crippen LogP contribution in [0.15, 0.2) is 12.3 Å². The molecule has 0 radical (unpaired) electrons. The molecule has 2 N–H and O–H groups in total. The number of carbonyl (C=O) groups is 2. The molecule has 0 spiro atoms. The molecule has 0 aromatic rings. The highest BCUT2D eigenvalue weighted by Gasteiger charge is 2.29. The van der Waals surface area contributed by atoms with E-state index in [1.54, 1.807) is 33.2 Å². The lowest BCUT2D eigenvalue weighted by Gasteiger charge is -2.28. The van der Waals surface area contributed by atoms with Crippen LogP contribution in [0.2, 0.25) is 0 Å². The van der Waals surface area contributed by atoms with Gasteiger partial charge in [-0.1, -0.05) is 26.8 Å². The number of esters is 1. The monoisotopic (exact) mass is 270 g/mol. The van der Waals surface area contributed by atoms with Crippen molar-refractivity contribution in [3.05, 3.63) is 12.3 Å². The standard InChI is InChI=1S/C14H26N2O3/c1-7-19-13(18)10(2)8-9-16(6)12(17)11(15)14(3,4)5/h8-11H,7,15H2,1-6H3/t10?,11-/m1/s1. The normalized spacial score (nSPS) is 15.1. The minimum Gasteiger partial charge on any atom is -0.466 e. The molecule has 2 atom stereocenters. The van der Waals surface area contributed by atoms with Crippen molar-refractivity contribution in [2.75, 3.05) is 13.7 Å². The molecule has 1 unspecified atom stereocenters. The molecule has 0 bridgehead atoms. The SMILES string of the molecule is CCOC(=O)C(C)C=CN(C)C(=O)[C@@H](N)C(C)(C)C. The topological polar surface area (TPSA) is 72.6 Å². The highest BCUT2D eigenvalue weighted by Crippen LogP contribution is 2.18. The Morgan fingerprint density at radius 2 is 1.89 bits per heavy atom. The van der Waals surface area contributed by atoms with E-state index in [-0.39, 0.29) is 23.2 Å². The van der Waals surface area contributed by atoms with Crippen LogP contribution in [-0.4, -0.2) is 36.5 Å². The summed E-state index contributed by atoms with van der Waals surface area (Å²) in [5.74, 6) is -0.874. The molecule has 1 amide bonds. The zero-order valence-electron chi connectivity index (χ0n) is 12.8. The van der Waals surface area contributed by atoms with Gasteiger partial charge >= 0.3 is 5.97 Å². The molecule has 0 saturated heterocycles. The lowest BCUT2D eigenvalue weighted by Crippen LogP contribution is -2.47. The molecule has 0 aromatic heterocycles. The Morgan fingerprint density at radius 1 is 1.37 bits per heavy atom. The second-order valence-corrected chi connectivity index (χ2v) is 5.68. The summed E-state index contributed by atoms with van der Waals surface area (Å²) in [7, 11) is 1.63. The average Bonchev–Trinajstić information content (AvgIpc) is 2.32. The van der Waals surface area contributed by atoms with Gasteiger partial charge in [0, 0.05) is 13.2 Å². The molecule has 0 rings (SSSR count). The van der Waals surface area contributed by atoms with Crippen molar-refractivity contribution in [3.63, 3.8) is 0 Å². The number of carbonyl (C=O) groups excluding carboxylic acids is 2. The van der Waals surface area contributed by atoms with Gasteiger partial charge in [0.25, 0.3) is 0 Å².